The van der Waals surface area contributed by atoms with Gasteiger partial charge in [-0.2, -0.15) is 0 Å². The molecule has 0 saturated carbocycles. The van der Waals surface area contributed by atoms with Crippen LogP contribution in [0.1, 0.15) is 36.2 Å². The van der Waals surface area contributed by atoms with E-state index >= 15 is 0 Å². The molecular formula is C12H16N4O4. The molecule has 1 amide bonds. The van der Waals surface area contributed by atoms with Crippen molar-refractivity contribution in [3.63, 3.8) is 0 Å². The summed E-state index contributed by atoms with van der Waals surface area (Å²) in [5.41, 5.74) is 0.166. The van der Waals surface area contributed by atoms with Crippen LogP contribution in [0.25, 0.3) is 0 Å². The molecule has 1 aromatic rings. The Morgan fingerprint density at radius 2 is 1.95 bits per heavy atom. The first-order valence-electron chi connectivity index (χ1n) is 6.67. The highest BCUT2D eigenvalue weighted by Gasteiger charge is 2.43. The molecule has 8 heteroatoms. The maximum Gasteiger partial charge on any atom is 0.325 e. The summed E-state index contributed by atoms with van der Waals surface area (Å²) in [7, 11) is 0. The first-order valence-corrected chi connectivity index (χ1v) is 6.67. The zero-order chi connectivity index (χ0) is 14.3. The van der Waals surface area contributed by atoms with Crippen LogP contribution in [0.2, 0.25) is 0 Å². The Bertz CT molecular complexity index is 529. The van der Waals surface area contributed by atoms with E-state index in [-0.39, 0.29) is 36.3 Å². The molecule has 2 atom stereocenters. The van der Waals surface area contributed by atoms with Gasteiger partial charge in [0, 0.05) is 12.1 Å². The normalized spacial score (nSPS) is 28.6. The fourth-order valence-electron chi connectivity index (χ4n) is 3.22. The SMILES string of the molecule is O=C(O)Cn1cc(C(=O)N2C3CCC2CC(O)C3)nn1. The van der Waals surface area contributed by atoms with Crippen molar-refractivity contribution < 1.29 is 19.8 Å². The highest BCUT2D eigenvalue weighted by Crippen LogP contribution is 2.36. The Hall–Kier alpha value is -1.96. The minimum absolute atomic E-state index is 0.0564. The second-order valence-corrected chi connectivity index (χ2v) is 5.42. The van der Waals surface area contributed by atoms with Crippen molar-refractivity contribution in [2.45, 2.75) is 50.4 Å². The number of aliphatic carboxylic acids is 1. The first kappa shape index (κ1) is 13.0. The number of aliphatic hydroxyl groups excluding tert-OH is 1. The largest absolute Gasteiger partial charge is 0.480 e. The molecule has 0 aliphatic carbocycles. The van der Waals surface area contributed by atoms with E-state index in [0.29, 0.717) is 12.8 Å². The van der Waals surface area contributed by atoms with Gasteiger partial charge in [-0.05, 0) is 25.7 Å². The van der Waals surface area contributed by atoms with Gasteiger partial charge in [0.25, 0.3) is 5.91 Å². The van der Waals surface area contributed by atoms with Gasteiger partial charge in [-0.1, -0.05) is 5.21 Å². The predicted octanol–water partition coefficient (Wildman–Crippen LogP) is -0.509. The lowest BCUT2D eigenvalue weighted by Crippen LogP contribution is -2.48. The Labute approximate surface area is 115 Å². The molecule has 2 bridgehead atoms. The lowest BCUT2D eigenvalue weighted by Gasteiger charge is -2.36. The fourth-order valence-corrected chi connectivity index (χ4v) is 3.22. The van der Waals surface area contributed by atoms with Gasteiger partial charge < -0.3 is 15.1 Å². The molecule has 0 aromatic carbocycles. The van der Waals surface area contributed by atoms with Gasteiger partial charge in [0.05, 0.1) is 12.3 Å². The van der Waals surface area contributed by atoms with Gasteiger partial charge in [0.1, 0.15) is 6.54 Å². The van der Waals surface area contributed by atoms with Crippen LogP contribution >= 0.6 is 0 Å². The summed E-state index contributed by atoms with van der Waals surface area (Å²) in [4.78, 5) is 24.8. The molecule has 2 N–H and O–H groups in total. The van der Waals surface area contributed by atoms with E-state index in [0.717, 1.165) is 17.5 Å². The molecule has 3 heterocycles. The van der Waals surface area contributed by atoms with Crippen molar-refractivity contribution >= 4 is 11.9 Å². The molecule has 0 spiro atoms. The first-order chi connectivity index (χ1) is 9.54. The van der Waals surface area contributed by atoms with Crippen molar-refractivity contribution in [1.82, 2.24) is 19.9 Å². The number of aromatic nitrogens is 3. The molecule has 2 fully saturated rings. The van der Waals surface area contributed by atoms with Gasteiger partial charge >= 0.3 is 5.97 Å². The van der Waals surface area contributed by atoms with Crippen LogP contribution in [-0.4, -0.2) is 60.2 Å². The number of hydrogen-bond donors (Lipinski definition) is 2. The van der Waals surface area contributed by atoms with E-state index in [1.165, 1.54) is 6.20 Å². The van der Waals surface area contributed by atoms with Crippen LogP contribution in [0.15, 0.2) is 6.20 Å². The number of piperidine rings is 1. The highest BCUT2D eigenvalue weighted by molar-refractivity contribution is 5.92. The Kier molecular flexibility index (Phi) is 3.17. The maximum atomic E-state index is 12.4. The summed E-state index contributed by atoms with van der Waals surface area (Å²) >= 11 is 0. The molecule has 2 saturated heterocycles. The molecule has 1 aromatic heterocycles. The van der Waals surface area contributed by atoms with Crippen molar-refractivity contribution in [2.75, 3.05) is 0 Å². The molecule has 3 rings (SSSR count). The molecule has 108 valence electrons. The topological polar surface area (TPSA) is 109 Å². The van der Waals surface area contributed by atoms with E-state index in [2.05, 4.69) is 10.3 Å². The summed E-state index contributed by atoms with van der Waals surface area (Å²) in [5, 5.41) is 25.8. The molecule has 2 unspecified atom stereocenters. The number of fused-ring (bicyclic) bond motifs is 2. The van der Waals surface area contributed by atoms with E-state index < -0.39 is 5.97 Å². The molecule has 0 radical (unpaired) electrons. The molecule has 2 aliphatic rings. The number of amides is 1. The van der Waals surface area contributed by atoms with Crippen molar-refractivity contribution in [3.8, 4) is 0 Å². The molecule has 20 heavy (non-hydrogen) atoms. The van der Waals surface area contributed by atoms with Crippen molar-refractivity contribution in [2.24, 2.45) is 0 Å². The number of nitrogens with zero attached hydrogens (tertiary/aromatic N) is 4. The summed E-state index contributed by atoms with van der Waals surface area (Å²) in [6, 6.07) is 0.113. The van der Waals surface area contributed by atoms with Crippen LogP contribution in [0.4, 0.5) is 0 Å². The molecule has 2 aliphatic heterocycles. The number of carboxylic acid groups (broad SMARTS) is 1. The number of rotatable bonds is 3. The number of carboxylic acids is 1. The van der Waals surface area contributed by atoms with Gasteiger partial charge in [-0.15, -0.1) is 5.10 Å². The minimum atomic E-state index is -1.03. The highest BCUT2D eigenvalue weighted by atomic mass is 16.4. The summed E-state index contributed by atoms with van der Waals surface area (Å²) in [5.74, 6) is -1.25. The number of carbonyl (C=O) groups excluding carboxylic acids is 1. The second-order valence-electron chi connectivity index (χ2n) is 5.42. The maximum absolute atomic E-state index is 12.4. The Morgan fingerprint density at radius 1 is 1.30 bits per heavy atom. The summed E-state index contributed by atoms with van der Waals surface area (Å²) in [6.07, 6.45) is 4.03. The van der Waals surface area contributed by atoms with Crippen LogP contribution in [-0.2, 0) is 11.3 Å². The van der Waals surface area contributed by atoms with Crippen LogP contribution in [0.3, 0.4) is 0 Å². The average Bonchev–Trinajstić information content (AvgIpc) is 2.92. The average molecular weight is 280 g/mol. The van der Waals surface area contributed by atoms with Crippen LogP contribution < -0.4 is 0 Å². The second kappa shape index (κ2) is 4.86. The zero-order valence-corrected chi connectivity index (χ0v) is 10.8. The van der Waals surface area contributed by atoms with Crippen LogP contribution in [0, 0.1) is 0 Å². The Morgan fingerprint density at radius 3 is 2.55 bits per heavy atom. The van der Waals surface area contributed by atoms with Gasteiger partial charge in [0.2, 0.25) is 0 Å². The van der Waals surface area contributed by atoms with Gasteiger partial charge in [-0.3, -0.25) is 9.59 Å². The van der Waals surface area contributed by atoms with Gasteiger partial charge in [-0.25, -0.2) is 4.68 Å². The zero-order valence-electron chi connectivity index (χ0n) is 10.8. The van der Waals surface area contributed by atoms with Crippen molar-refractivity contribution in [1.29, 1.82) is 0 Å². The summed E-state index contributed by atoms with van der Waals surface area (Å²) < 4.78 is 1.14. The third-order valence-corrected chi connectivity index (χ3v) is 4.00. The number of carbonyl (C=O) groups is 2. The van der Waals surface area contributed by atoms with E-state index in [1.54, 1.807) is 4.90 Å². The predicted molar refractivity (Wildman–Crippen MR) is 65.9 cm³/mol. The third-order valence-electron chi connectivity index (χ3n) is 4.00. The van der Waals surface area contributed by atoms with Crippen molar-refractivity contribution in [3.05, 3.63) is 11.9 Å². The summed E-state index contributed by atoms with van der Waals surface area (Å²) in [6.45, 7) is -0.314. The number of aliphatic hydroxyl groups is 1. The smallest absolute Gasteiger partial charge is 0.325 e. The molecular weight excluding hydrogens is 264 g/mol. The standard InChI is InChI=1S/C12H16N4O4/c17-9-3-7-1-2-8(4-9)16(7)12(20)10-5-15(14-13-10)6-11(18)19/h5,7-9,17H,1-4,6H2,(H,18,19). The quantitative estimate of drug-likeness (QED) is 0.772. The van der Waals surface area contributed by atoms with E-state index in [9.17, 15) is 14.7 Å². The minimum Gasteiger partial charge on any atom is -0.480 e. The molecule has 8 nitrogen and oxygen atoms in total. The van der Waals surface area contributed by atoms with Crippen LogP contribution in [0.5, 0.6) is 0 Å². The lowest BCUT2D eigenvalue weighted by molar-refractivity contribution is -0.137. The van der Waals surface area contributed by atoms with Gasteiger partial charge in [0.15, 0.2) is 5.69 Å². The number of hydrogen-bond acceptors (Lipinski definition) is 5. The fraction of sp³-hybridized carbons (Fsp3) is 0.667. The Balaban J connectivity index is 1.76. The van der Waals surface area contributed by atoms with E-state index in [1.807, 2.05) is 0 Å². The third kappa shape index (κ3) is 2.26. The van der Waals surface area contributed by atoms with E-state index in [4.69, 9.17) is 5.11 Å². The lowest BCUT2D eigenvalue weighted by atomic mass is 9.99. The monoisotopic (exact) mass is 280 g/mol.